The molecule has 0 saturated heterocycles. The SMILES string of the molecule is CCCCCOc1ccc([S+](c2ccccc2)c2ccccc2)cc1.O=C([O-])C(F)(F)F. The fourth-order valence-electron chi connectivity index (χ4n) is 2.74. The Bertz CT molecular complexity index is 891. The summed E-state index contributed by atoms with van der Waals surface area (Å²) in [5.74, 6) is -2.04. The summed E-state index contributed by atoms with van der Waals surface area (Å²) in [6.07, 6.45) is -1.63. The van der Waals surface area contributed by atoms with Crippen LogP contribution in [0.3, 0.4) is 0 Å². The molecule has 0 saturated carbocycles. The fourth-order valence-corrected chi connectivity index (χ4v) is 4.82. The second-order valence-corrected chi connectivity index (χ2v) is 8.77. The molecule has 7 heteroatoms. The van der Waals surface area contributed by atoms with E-state index in [9.17, 15) is 13.2 Å². The summed E-state index contributed by atoms with van der Waals surface area (Å²) in [6, 6.07) is 30.1. The molecule has 0 aliphatic heterocycles. The molecule has 0 spiro atoms. The number of hydrogen-bond acceptors (Lipinski definition) is 3. The third kappa shape index (κ3) is 8.30. The quantitative estimate of drug-likeness (QED) is 0.321. The largest absolute Gasteiger partial charge is 0.542 e. The van der Waals surface area contributed by atoms with Gasteiger partial charge in [-0.05, 0) is 55.0 Å². The lowest BCUT2D eigenvalue weighted by Gasteiger charge is -2.09. The highest BCUT2D eigenvalue weighted by Crippen LogP contribution is 2.31. The minimum absolute atomic E-state index is 0.0872. The van der Waals surface area contributed by atoms with Crippen molar-refractivity contribution >= 4 is 16.9 Å². The van der Waals surface area contributed by atoms with E-state index in [0.717, 1.165) is 18.8 Å². The molecular formula is C25H25F3O3S. The second-order valence-electron chi connectivity index (χ2n) is 6.74. The zero-order valence-corrected chi connectivity index (χ0v) is 18.5. The lowest BCUT2D eigenvalue weighted by atomic mass is 10.3. The average molecular weight is 463 g/mol. The number of alkyl halides is 3. The molecule has 0 aromatic heterocycles. The van der Waals surface area contributed by atoms with Crippen LogP contribution in [0.5, 0.6) is 5.75 Å². The highest BCUT2D eigenvalue weighted by Gasteiger charge is 2.29. The zero-order chi connectivity index (χ0) is 23.4. The first-order valence-electron chi connectivity index (χ1n) is 10.2. The normalized spacial score (nSPS) is 10.9. The van der Waals surface area contributed by atoms with Gasteiger partial charge in [0.1, 0.15) is 11.7 Å². The number of aliphatic carboxylic acids is 1. The monoisotopic (exact) mass is 462 g/mol. The van der Waals surface area contributed by atoms with Gasteiger partial charge < -0.3 is 14.6 Å². The maximum Gasteiger partial charge on any atom is 0.430 e. The lowest BCUT2D eigenvalue weighted by molar-refractivity contribution is -0.344. The molecule has 0 bridgehead atoms. The zero-order valence-electron chi connectivity index (χ0n) is 17.7. The Balaban J connectivity index is 0.000000451. The summed E-state index contributed by atoms with van der Waals surface area (Å²) in [7, 11) is -0.0872. The van der Waals surface area contributed by atoms with Crippen LogP contribution in [0.2, 0.25) is 0 Å². The van der Waals surface area contributed by atoms with Gasteiger partial charge in [-0.25, -0.2) is 0 Å². The Labute approximate surface area is 189 Å². The lowest BCUT2D eigenvalue weighted by Crippen LogP contribution is -2.37. The van der Waals surface area contributed by atoms with Crippen molar-refractivity contribution < 1.29 is 27.8 Å². The Kier molecular flexibility index (Phi) is 10.1. The molecule has 3 aromatic carbocycles. The van der Waals surface area contributed by atoms with Gasteiger partial charge in [0.15, 0.2) is 14.7 Å². The highest BCUT2D eigenvalue weighted by atomic mass is 32.2. The van der Waals surface area contributed by atoms with E-state index >= 15 is 0 Å². The molecule has 0 amide bonds. The smallest absolute Gasteiger partial charge is 0.430 e. The van der Waals surface area contributed by atoms with Crippen LogP contribution in [0, 0.1) is 0 Å². The number of hydrogen-bond donors (Lipinski definition) is 0. The number of carboxylic acids is 1. The van der Waals surface area contributed by atoms with Crippen LogP contribution < -0.4 is 9.84 Å². The van der Waals surface area contributed by atoms with Crippen LogP contribution >= 0.6 is 0 Å². The minimum atomic E-state index is -5.19. The van der Waals surface area contributed by atoms with Crippen molar-refractivity contribution in [2.24, 2.45) is 0 Å². The van der Waals surface area contributed by atoms with Crippen molar-refractivity contribution in [1.82, 2.24) is 0 Å². The number of carbonyl (C=O) groups is 1. The number of rotatable bonds is 8. The van der Waals surface area contributed by atoms with Crippen LogP contribution in [-0.4, -0.2) is 18.8 Å². The van der Waals surface area contributed by atoms with E-state index in [-0.39, 0.29) is 10.9 Å². The van der Waals surface area contributed by atoms with E-state index in [4.69, 9.17) is 14.6 Å². The van der Waals surface area contributed by atoms with Crippen LogP contribution in [0.25, 0.3) is 0 Å². The summed E-state index contributed by atoms with van der Waals surface area (Å²) < 4.78 is 37.4. The van der Waals surface area contributed by atoms with Crippen molar-refractivity contribution in [2.75, 3.05) is 6.61 Å². The maximum atomic E-state index is 10.5. The molecule has 0 fully saturated rings. The Morgan fingerprint density at radius 2 is 1.25 bits per heavy atom. The van der Waals surface area contributed by atoms with Gasteiger partial charge in [0.25, 0.3) is 0 Å². The molecule has 170 valence electrons. The molecule has 3 aromatic rings. The number of ether oxygens (including phenoxy) is 1. The van der Waals surface area contributed by atoms with Crippen molar-refractivity contribution in [3.8, 4) is 5.75 Å². The standard InChI is InChI=1S/C23H25OS.C2HF3O2/c1-2-3-10-19-24-20-15-17-23(18-16-20)25(21-11-6-4-7-12-21)22-13-8-5-9-14-22;3-2(4,5)1(6)7/h4-9,11-18H,2-3,10,19H2,1H3;(H,6,7)/q+1;/p-1. The first kappa shape index (κ1) is 25.3. The van der Waals surface area contributed by atoms with Crippen molar-refractivity contribution in [3.63, 3.8) is 0 Å². The molecule has 3 nitrogen and oxygen atoms in total. The predicted molar refractivity (Wildman–Crippen MR) is 118 cm³/mol. The molecule has 0 aliphatic rings. The van der Waals surface area contributed by atoms with E-state index in [1.807, 2.05) is 0 Å². The third-order valence-electron chi connectivity index (χ3n) is 4.27. The van der Waals surface area contributed by atoms with E-state index in [1.165, 1.54) is 27.5 Å². The summed E-state index contributed by atoms with van der Waals surface area (Å²) in [4.78, 5) is 12.8. The molecule has 0 aliphatic carbocycles. The van der Waals surface area contributed by atoms with Gasteiger partial charge in [-0.15, -0.1) is 0 Å². The highest BCUT2D eigenvalue weighted by molar-refractivity contribution is 7.97. The molecule has 0 radical (unpaired) electrons. The molecule has 0 heterocycles. The molecule has 0 N–H and O–H groups in total. The third-order valence-corrected chi connectivity index (χ3v) is 6.50. The van der Waals surface area contributed by atoms with E-state index in [0.29, 0.717) is 0 Å². The Morgan fingerprint density at radius 1 is 0.812 bits per heavy atom. The number of benzene rings is 3. The van der Waals surface area contributed by atoms with Gasteiger partial charge in [-0.1, -0.05) is 56.2 Å². The molecule has 0 atom stereocenters. The Hall–Kier alpha value is -2.93. The van der Waals surface area contributed by atoms with Crippen LogP contribution in [0.4, 0.5) is 13.2 Å². The summed E-state index contributed by atoms with van der Waals surface area (Å²) >= 11 is 0. The van der Waals surface area contributed by atoms with Gasteiger partial charge in [-0.2, -0.15) is 13.2 Å². The van der Waals surface area contributed by atoms with Crippen LogP contribution in [0.1, 0.15) is 26.2 Å². The van der Waals surface area contributed by atoms with Crippen molar-refractivity contribution in [1.29, 1.82) is 0 Å². The predicted octanol–water partition coefficient (Wildman–Crippen LogP) is 5.65. The number of carbonyl (C=O) groups excluding carboxylic acids is 1. The van der Waals surface area contributed by atoms with E-state index < -0.39 is 12.1 Å². The maximum absolute atomic E-state index is 10.5. The number of halogens is 3. The number of unbranched alkanes of at least 4 members (excludes halogenated alkanes) is 2. The van der Waals surface area contributed by atoms with Gasteiger partial charge in [0.2, 0.25) is 0 Å². The molecule has 0 unspecified atom stereocenters. The van der Waals surface area contributed by atoms with Gasteiger partial charge >= 0.3 is 6.18 Å². The van der Waals surface area contributed by atoms with Crippen LogP contribution in [0.15, 0.2) is 99.6 Å². The second kappa shape index (κ2) is 12.8. The minimum Gasteiger partial charge on any atom is -0.542 e. The number of carboxylic acid groups (broad SMARTS) is 1. The van der Waals surface area contributed by atoms with Gasteiger partial charge in [0.05, 0.1) is 17.5 Å². The summed E-state index contributed by atoms with van der Waals surface area (Å²) in [5.41, 5.74) is 0. The first-order chi connectivity index (χ1) is 15.3. The van der Waals surface area contributed by atoms with Crippen LogP contribution in [-0.2, 0) is 15.7 Å². The fraction of sp³-hybridized carbons (Fsp3) is 0.240. The topological polar surface area (TPSA) is 49.4 Å². The van der Waals surface area contributed by atoms with E-state index in [1.54, 1.807) is 0 Å². The van der Waals surface area contributed by atoms with Gasteiger partial charge in [0, 0.05) is 0 Å². The Morgan fingerprint density at radius 3 is 1.66 bits per heavy atom. The molecular weight excluding hydrogens is 437 g/mol. The first-order valence-corrected chi connectivity index (χ1v) is 11.4. The molecule has 32 heavy (non-hydrogen) atoms. The van der Waals surface area contributed by atoms with Gasteiger partial charge in [-0.3, -0.25) is 0 Å². The van der Waals surface area contributed by atoms with Crippen molar-refractivity contribution in [2.45, 2.75) is 47.0 Å². The summed E-state index contributed by atoms with van der Waals surface area (Å²) in [5, 5.41) is 8.78. The van der Waals surface area contributed by atoms with Crippen molar-refractivity contribution in [3.05, 3.63) is 84.9 Å². The summed E-state index contributed by atoms with van der Waals surface area (Å²) in [6.45, 7) is 3.01. The van der Waals surface area contributed by atoms with E-state index in [2.05, 4.69) is 91.9 Å². The average Bonchev–Trinajstić information content (AvgIpc) is 2.79. The molecule has 3 rings (SSSR count).